The number of rotatable bonds is 6. The molecule has 0 spiro atoms. The van der Waals surface area contributed by atoms with E-state index < -0.39 is 5.97 Å². The van der Waals surface area contributed by atoms with Crippen LogP contribution in [-0.2, 0) is 4.74 Å². The lowest BCUT2D eigenvalue weighted by atomic mass is 9.95. The maximum atomic E-state index is 13.2. The fourth-order valence-corrected chi connectivity index (χ4v) is 4.50. The predicted octanol–water partition coefficient (Wildman–Crippen LogP) is 5.74. The number of carbonyl (C=O) groups excluding carboxylic acids is 2. The average Bonchev–Trinajstić information content (AvgIpc) is 3.17. The summed E-state index contributed by atoms with van der Waals surface area (Å²) < 4.78 is 6.99. The smallest absolute Gasteiger partial charge is 0.338 e. The Balaban J connectivity index is 1.83. The van der Waals surface area contributed by atoms with Gasteiger partial charge in [0.2, 0.25) is 0 Å². The van der Waals surface area contributed by atoms with Crippen LogP contribution in [0.4, 0.5) is 0 Å². The summed E-state index contributed by atoms with van der Waals surface area (Å²) in [6, 6.07) is 14.6. The van der Waals surface area contributed by atoms with E-state index in [9.17, 15) is 9.59 Å². The van der Waals surface area contributed by atoms with Gasteiger partial charge in [0, 0.05) is 22.2 Å². The molecule has 1 aliphatic carbocycles. The minimum atomic E-state index is -0.412. The van der Waals surface area contributed by atoms with E-state index >= 15 is 0 Å². The third-order valence-electron chi connectivity index (χ3n) is 6.03. The summed E-state index contributed by atoms with van der Waals surface area (Å²) in [7, 11) is 0. The topological polar surface area (TPSA) is 73.2 Å². The molecule has 2 aromatic carbocycles. The number of benzene rings is 2. The fourth-order valence-electron chi connectivity index (χ4n) is 4.37. The normalized spacial score (nSPS) is 14.2. The number of nitrogens with zero attached hydrogens (tertiary/aromatic N) is 2. The van der Waals surface area contributed by atoms with Crippen molar-refractivity contribution in [1.82, 2.24) is 15.1 Å². The molecule has 1 saturated carbocycles. The van der Waals surface area contributed by atoms with Gasteiger partial charge in [-0.05, 0) is 57.0 Å². The predicted molar refractivity (Wildman–Crippen MR) is 129 cm³/mol. The maximum Gasteiger partial charge on any atom is 0.338 e. The van der Waals surface area contributed by atoms with Gasteiger partial charge in [-0.3, -0.25) is 4.79 Å². The molecule has 1 amide bonds. The molecule has 1 heterocycles. The van der Waals surface area contributed by atoms with E-state index in [0.29, 0.717) is 33.1 Å². The molecule has 1 aliphatic rings. The SMILES string of the molecule is CCOC(=O)c1ccccc1-c1c(C)c(C(=O)NC2CCCCC2)nn1-c1ccc(Cl)cc1. The summed E-state index contributed by atoms with van der Waals surface area (Å²) in [5.74, 6) is -0.605. The first-order valence-electron chi connectivity index (χ1n) is 11.4. The zero-order valence-corrected chi connectivity index (χ0v) is 19.7. The quantitative estimate of drug-likeness (QED) is 0.471. The number of hydrogen-bond acceptors (Lipinski definition) is 4. The summed E-state index contributed by atoms with van der Waals surface area (Å²) in [6.07, 6.45) is 5.44. The molecule has 3 aromatic rings. The summed E-state index contributed by atoms with van der Waals surface area (Å²) in [6.45, 7) is 3.92. The van der Waals surface area contributed by atoms with Gasteiger partial charge in [-0.15, -0.1) is 0 Å². The zero-order valence-electron chi connectivity index (χ0n) is 18.9. The maximum absolute atomic E-state index is 13.2. The lowest BCUT2D eigenvalue weighted by Gasteiger charge is -2.22. The van der Waals surface area contributed by atoms with Crippen LogP contribution in [0.25, 0.3) is 16.9 Å². The number of aromatic nitrogens is 2. The van der Waals surface area contributed by atoms with Crippen LogP contribution in [-0.4, -0.2) is 34.3 Å². The Kier molecular flexibility index (Phi) is 7.14. The number of amides is 1. The minimum Gasteiger partial charge on any atom is -0.462 e. The van der Waals surface area contributed by atoms with Gasteiger partial charge in [-0.25, -0.2) is 9.48 Å². The number of esters is 1. The zero-order chi connectivity index (χ0) is 23.4. The molecule has 0 radical (unpaired) electrons. The van der Waals surface area contributed by atoms with Gasteiger partial charge in [0.15, 0.2) is 5.69 Å². The van der Waals surface area contributed by atoms with Crippen molar-refractivity contribution in [2.75, 3.05) is 6.61 Å². The Bertz CT molecular complexity index is 1150. The minimum absolute atomic E-state index is 0.168. The highest BCUT2D eigenvalue weighted by Crippen LogP contribution is 2.32. The van der Waals surface area contributed by atoms with Gasteiger partial charge >= 0.3 is 5.97 Å². The Morgan fingerprint density at radius 2 is 1.79 bits per heavy atom. The molecule has 0 aliphatic heterocycles. The van der Waals surface area contributed by atoms with Crippen molar-refractivity contribution in [2.45, 2.75) is 52.0 Å². The van der Waals surface area contributed by atoms with Crippen LogP contribution < -0.4 is 5.32 Å². The van der Waals surface area contributed by atoms with Crippen LogP contribution in [0.5, 0.6) is 0 Å². The van der Waals surface area contributed by atoms with Crippen LogP contribution in [0.15, 0.2) is 48.5 Å². The molecule has 4 rings (SSSR count). The second-order valence-corrected chi connectivity index (χ2v) is 8.72. The van der Waals surface area contributed by atoms with E-state index in [2.05, 4.69) is 5.32 Å². The Labute approximate surface area is 198 Å². The Morgan fingerprint density at radius 1 is 1.09 bits per heavy atom. The summed E-state index contributed by atoms with van der Waals surface area (Å²) in [5.41, 5.74) is 3.56. The summed E-state index contributed by atoms with van der Waals surface area (Å²) >= 11 is 6.10. The fraction of sp³-hybridized carbons (Fsp3) is 0.346. The molecule has 0 atom stereocenters. The highest BCUT2D eigenvalue weighted by molar-refractivity contribution is 6.30. The second-order valence-electron chi connectivity index (χ2n) is 8.28. The third-order valence-corrected chi connectivity index (χ3v) is 6.28. The second kappa shape index (κ2) is 10.2. The lowest BCUT2D eigenvalue weighted by Crippen LogP contribution is -2.36. The molecule has 0 unspecified atom stereocenters. The van der Waals surface area contributed by atoms with E-state index in [-0.39, 0.29) is 18.6 Å². The molecule has 0 bridgehead atoms. The van der Waals surface area contributed by atoms with Crippen LogP contribution in [0.1, 0.15) is 65.4 Å². The Hall–Kier alpha value is -3.12. The Morgan fingerprint density at radius 3 is 2.48 bits per heavy atom. The molecule has 172 valence electrons. The first-order chi connectivity index (χ1) is 16.0. The summed E-state index contributed by atoms with van der Waals surface area (Å²) in [5, 5.41) is 8.47. The van der Waals surface area contributed by atoms with Gasteiger partial charge < -0.3 is 10.1 Å². The number of carbonyl (C=O) groups is 2. The largest absolute Gasteiger partial charge is 0.462 e. The first-order valence-corrected chi connectivity index (χ1v) is 11.8. The van der Waals surface area contributed by atoms with Crippen molar-refractivity contribution in [3.05, 3.63) is 70.4 Å². The van der Waals surface area contributed by atoms with E-state index in [1.807, 2.05) is 31.2 Å². The van der Waals surface area contributed by atoms with Gasteiger partial charge in [0.05, 0.1) is 23.6 Å². The van der Waals surface area contributed by atoms with Crippen LogP contribution in [0.2, 0.25) is 5.02 Å². The lowest BCUT2D eigenvalue weighted by molar-refractivity contribution is 0.0527. The molecule has 33 heavy (non-hydrogen) atoms. The van der Waals surface area contributed by atoms with Gasteiger partial charge in [0.1, 0.15) is 0 Å². The van der Waals surface area contributed by atoms with Crippen LogP contribution in [0, 0.1) is 6.92 Å². The number of ether oxygens (including phenoxy) is 1. The number of hydrogen-bond donors (Lipinski definition) is 1. The van der Waals surface area contributed by atoms with E-state index in [1.165, 1.54) is 6.42 Å². The highest BCUT2D eigenvalue weighted by Gasteiger charge is 2.27. The molecule has 7 heteroatoms. The van der Waals surface area contributed by atoms with Crippen molar-refractivity contribution in [3.63, 3.8) is 0 Å². The van der Waals surface area contributed by atoms with E-state index in [1.54, 1.807) is 35.9 Å². The van der Waals surface area contributed by atoms with Gasteiger partial charge in [-0.2, -0.15) is 5.10 Å². The third kappa shape index (κ3) is 4.96. The first kappa shape index (κ1) is 23.1. The molecule has 1 fully saturated rings. The van der Waals surface area contributed by atoms with Crippen molar-refractivity contribution < 1.29 is 14.3 Å². The summed E-state index contributed by atoms with van der Waals surface area (Å²) in [4.78, 5) is 25.9. The number of nitrogens with one attached hydrogen (secondary N) is 1. The molecule has 0 saturated heterocycles. The highest BCUT2D eigenvalue weighted by atomic mass is 35.5. The standard InChI is InChI=1S/C26H28ClN3O3/c1-3-33-26(32)22-12-8-7-11-21(22)24-17(2)23(25(31)28-19-9-5-4-6-10-19)29-30(24)20-15-13-18(27)14-16-20/h7-8,11-16,19H,3-6,9-10H2,1-2H3,(H,28,31). The van der Waals surface area contributed by atoms with Gasteiger partial charge in [0.25, 0.3) is 5.91 Å². The van der Waals surface area contributed by atoms with Crippen molar-refractivity contribution in [3.8, 4) is 16.9 Å². The molecule has 1 aromatic heterocycles. The van der Waals surface area contributed by atoms with Crippen molar-refractivity contribution >= 4 is 23.5 Å². The van der Waals surface area contributed by atoms with E-state index in [0.717, 1.165) is 31.4 Å². The monoisotopic (exact) mass is 465 g/mol. The van der Waals surface area contributed by atoms with Crippen molar-refractivity contribution in [1.29, 1.82) is 0 Å². The van der Waals surface area contributed by atoms with Crippen LogP contribution in [0.3, 0.4) is 0 Å². The molecular weight excluding hydrogens is 438 g/mol. The van der Waals surface area contributed by atoms with Gasteiger partial charge in [-0.1, -0.05) is 49.1 Å². The van der Waals surface area contributed by atoms with Crippen LogP contribution >= 0.6 is 11.6 Å². The average molecular weight is 466 g/mol. The van der Waals surface area contributed by atoms with Crippen molar-refractivity contribution in [2.24, 2.45) is 0 Å². The molecule has 1 N–H and O–H groups in total. The number of halogens is 1. The molecule has 6 nitrogen and oxygen atoms in total. The van der Waals surface area contributed by atoms with E-state index in [4.69, 9.17) is 21.4 Å². The molecular formula is C26H28ClN3O3.